The minimum Gasteiger partial charge on any atom is -0.303 e. The summed E-state index contributed by atoms with van der Waals surface area (Å²) in [6, 6.07) is 9.49. The van der Waals surface area contributed by atoms with Crippen molar-refractivity contribution in [2.24, 2.45) is 0 Å². The molecule has 0 saturated carbocycles. The van der Waals surface area contributed by atoms with Crippen LogP contribution in [-0.2, 0) is 10.0 Å². The molecule has 1 aromatic heterocycles. The van der Waals surface area contributed by atoms with E-state index in [1.165, 1.54) is 6.20 Å². The van der Waals surface area contributed by atoms with Crippen molar-refractivity contribution in [3.8, 4) is 5.69 Å². The first-order valence-electron chi connectivity index (χ1n) is 8.43. The number of rotatable bonds is 6. The van der Waals surface area contributed by atoms with Gasteiger partial charge in [0.1, 0.15) is 4.90 Å². The summed E-state index contributed by atoms with van der Waals surface area (Å²) in [6.45, 7) is 5.15. The lowest BCUT2D eigenvalue weighted by molar-refractivity contribution is 0.208. The molecular formula is C17H24N4O2S. The summed E-state index contributed by atoms with van der Waals surface area (Å²) in [4.78, 5) is 2.60. The summed E-state index contributed by atoms with van der Waals surface area (Å²) in [5, 5.41) is 4.17. The zero-order valence-electron chi connectivity index (χ0n) is 13.9. The van der Waals surface area contributed by atoms with Crippen LogP contribution in [0.2, 0.25) is 0 Å². The van der Waals surface area contributed by atoms with Gasteiger partial charge in [0.15, 0.2) is 0 Å². The first kappa shape index (κ1) is 17.1. The number of hydrogen-bond donors (Lipinski definition) is 1. The van der Waals surface area contributed by atoms with Crippen LogP contribution in [-0.4, -0.2) is 48.8 Å². The number of hydrogen-bond acceptors (Lipinski definition) is 4. The van der Waals surface area contributed by atoms with Crippen LogP contribution in [0.25, 0.3) is 5.69 Å². The quantitative estimate of drug-likeness (QED) is 0.867. The number of nitrogens with one attached hydrogen (secondary N) is 1. The Labute approximate surface area is 143 Å². The van der Waals surface area contributed by atoms with Gasteiger partial charge >= 0.3 is 0 Å². The van der Waals surface area contributed by atoms with Crippen molar-refractivity contribution in [1.29, 1.82) is 0 Å². The van der Waals surface area contributed by atoms with E-state index in [-0.39, 0.29) is 10.9 Å². The molecule has 0 spiro atoms. The predicted molar refractivity (Wildman–Crippen MR) is 93.6 cm³/mol. The number of piperidine rings is 1. The van der Waals surface area contributed by atoms with E-state index in [9.17, 15) is 8.42 Å². The Bertz CT molecular complexity index is 750. The fraction of sp³-hybridized carbons (Fsp3) is 0.471. The number of aromatic nitrogens is 2. The van der Waals surface area contributed by atoms with Crippen molar-refractivity contribution < 1.29 is 8.42 Å². The lowest BCUT2D eigenvalue weighted by Gasteiger charge is -2.31. The van der Waals surface area contributed by atoms with Crippen molar-refractivity contribution in [3.63, 3.8) is 0 Å². The van der Waals surface area contributed by atoms with Gasteiger partial charge in [-0.3, -0.25) is 0 Å². The largest absolute Gasteiger partial charge is 0.303 e. The molecule has 7 heteroatoms. The molecule has 6 nitrogen and oxygen atoms in total. The Kier molecular flexibility index (Phi) is 5.33. The molecule has 24 heavy (non-hydrogen) atoms. The molecule has 2 heterocycles. The Morgan fingerprint density at radius 1 is 1.21 bits per heavy atom. The molecule has 130 valence electrons. The lowest BCUT2D eigenvalue weighted by Crippen LogP contribution is -2.44. The molecule has 1 aromatic carbocycles. The van der Waals surface area contributed by atoms with Crippen LogP contribution in [0, 0.1) is 0 Å². The molecule has 1 aliphatic rings. The zero-order chi connectivity index (χ0) is 17.0. The first-order chi connectivity index (χ1) is 11.6. The van der Waals surface area contributed by atoms with Crippen LogP contribution in [0.15, 0.2) is 47.6 Å². The SMILES string of the molecule is CCCN1CCC(NS(=O)(=O)c2cnn(-c3ccccc3)c2)CC1. The molecule has 0 atom stereocenters. The smallest absolute Gasteiger partial charge is 0.243 e. The minimum absolute atomic E-state index is 0.00295. The van der Waals surface area contributed by atoms with E-state index in [1.54, 1.807) is 10.9 Å². The molecule has 2 aromatic rings. The zero-order valence-corrected chi connectivity index (χ0v) is 14.7. The third kappa shape index (κ3) is 4.03. The molecular weight excluding hydrogens is 324 g/mol. The average Bonchev–Trinajstić information content (AvgIpc) is 3.09. The fourth-order valence-electron chi connectivity index (χ4n) is 3.05. The summed E-state index contributed by atoms with van der Waals surface area (Å²) in [5.41, 5.74) is 0.840. The number of benzene rings is 1. The first-order valence-corrected chi connectivity index (χ1v) is 9.91. The molecule has 1 fully saturated rings. The topological polar surface area (TPSA) is 67.2 Å². The minimum atomic E-state index is -3.53. The van der Waals surface area contributed by atoms with Crippen LogP contribution >= 0.6 is 0 Å². The van der Waals surface area contributed by atoms with Gasteiger partial charge in [0.2, 0.25) is 10.0 Å². The van der Waals surface area contributed by atoms with Gasteiger partial charge in [0.05, 0.1) is 18.1 Å². The molecule has 0 aliphatic carbocycles. The third-order valence-corrected chi connectivity index (χ3v) is 5.81. The van der Waals surface area contributed by atoms with Gasteiger partial charge in [0, 0.05) is 6.04 Å². The second kappa shape index (κ2) is 7.46. The van der Waals surface area contributed by atoms with Crippen LogP contribution in [0.4, 0.5) is 0 Å². The standard InChI is InChI=1S/C17H24N4O2S/c1-2-10-20-11-8-15(9-12-20)19-24(22,23)17-13-18-21(14-17)16-6-4-3-5-7-16/h3-7,13-15,19H,2,8-12H2,1H3. The predicted octanol–water partition coefficient (Wildman–Crippen LogP) is 2.02. The van der Waals surface area contributed by atoms with Gasteiger partial charge in [-0.15, -0.1) is 0 Å². The van der Waals surface area contributed by atoms with Crippen LogP contribution in [0.1, 0.15) is 26.2 Å². The monoisotopic (exact) mass is 348 g/mol. The maximum Gasteiger partial charge on any atom is 0.243 e. The highest BCUT2D eigenvalue weighted by Gasteiger charge is 2.25. The summed E-state index contributed by atoms with van der Waals surface area (Å²) >= 11 is 0. The number of para-hydroxylation sites is 1. The molecule has 1 saturated heterocycles. The Balaban J connectivity index is 1.65. The lowest BCUT2D eigenvalue weighted by atomic mass is 10.1. The molecule has 0 amide bonds. The van der Waals surface area contributed by atoms with Crippen molar-refractivity contribution in [2.45, 2.75) is 37.1 Å². The van der Waals surface area contributed by atoms with E-state index in [0.717, 1.165) is 44.6 Å². The Morgan fingerprint density at radius 3 is 2.58 bits per heavy atom. The highest BCUT2D eigenvalue weighted by molar-refractivity contribution is 7.89. The molecule has 0 bridgehead atoms. The second-order valence-electron chi connectivity index (χ2n) is 6.19. The van der Waals surface area contributed by atoms with E-state index in [0.29, 0.717) is 0 Å². The van der Waals surface area contributed by atoms with E-state index >= 15 is 0 Å². The van der Waals surface area contributed by atoms with Gasteiger partial charge in [-0.05, 0) is 51.0 Å². The number of likely N-dealkylation sites (tertiary alicyclic amines) is 1. The maximum atomic E-state index is 12.6. The normalized spacial score (nSPS) is 17.2. The summed E-state index contributed by atoms with van der Waals surface area (Å²) in [7, 11) is -3.53. The molecule has 0 unspecified atom stereocenters. The van der Waals surface area contributed by atoms with E-state index in [2.05, 4.69) is 21.6 Å². The van der Waals surface area contributed by atoms with Crippen LogP contribution in [0.5, 0.6) is 0 Å². The van der Waals surface area contributed by atoms with Gasteiger partial charge < -0.3 is 4.90 Å². The maximum absolute atomic E-state index is 12.6. The fourth-order valence-corrected chi connectivity index (χ4v) is 4.28. The summed E-state index contributed by atoms with van der Waals surface area (Å²) in [5.74, 6) is 0. The van der Waals surface area contributed by atoms with Crippen molar-refractivity contribution >= 4 is 10.0 Å². The van der Waals surface area contributed by atoms with Crippen LogP contribution < -0.4 is 4.72 Å². The third-order valence-electron chi connectivity index (χ3n) is 4.34. The second-order valence-corrected chi connectivity index (χ2v) is 7.91. The summed E-state index contributed by atoms with van der Waals surface area (Å²) < 4.78 is 29.6. The van der Waals surface area contributed by atoms with Crippen LogP contribution in [0.3, 0.4) is 0 Å². The highest BCUT2D eigenvalue weighted by atomic mass is 32.2. The van der Waals surface area contributed by atoms with Crippen molar-refractivity contribution in [2.75, 3.05) is 19.6 Å². The number of nitrogens with zero attached hydrogens (tertiary/aromatic N) is 3. The Morgan fingerprint density at radius 2 is 1.92 bits per heavy atom. The molecule has 3 rings (SSSR count). The average molecular weight is 348 g/mol. The van der Waals surface area contributed by atoms with Crippen molar-refractivity contribution in [3.05, 3.63) is 42.7 Å². The van der Waals surface area contributed by atoms with Crippen molar-refractivity contribution in [1.82, 2.24) is 19.4 Å². The van der Waals surface area contributed by atoms with E-state index < -0.39 is 10.0 Å². The van der Waals surface area contributed by atoms with Gasteiger partial charge in [0.25, 0.3) is 0 Å². The molecule has 1 aliphatic heterocycles. The molecule has 1 N–H and O–H groups in total. The Hall–Kier alpha value is -1.70. The molecule has 0 radical (unpaired) electrons. The van der Waals surface area contributed by atoms with Gasteiger partial charge in [-0.2, -0.15) is 5.10 Å². The van der Waals surface area contributed by atoms with E-state index in [4.69, 9.17) is 0 Å². The van der Waals surface area contributed by atoms with Gasteiger partial charge in [-0.1, -0.05) is 25.1 Å². The highest BCUT2D eigenvalue weighted by Crippen LogP contribution is 2.16. The van der Waals surface area contributed by atoms with E-state index in [1.807, 2.05) is 30.3 Å². The van der Waals surface area contributed by atoms with Gasteiger partial charge in [-0.25, -0.2) is 17.8 Å². The number of sulfonamides is 1. The summed E-state index contributed by atoms with van der Waals surface area (Å²) in [6.07, 6.45) is 5.80.